The lowest BCUT2D eigenvalue weighted by Crippen LogP contribution is -2.13. The number of rotatable bonds is 7. The van der Waals surface area contributed by atoms with Crippen molar-refractivity contribution in [2.45, 2.75) is 19.8 Å². The molecule has 0 bridgehead atoms. The Hall–Kier alpha value is -1.79. The first-order valence-electron chi connectivity index (χ1n) is 6.87. The average molecular weight is 311 g/mol. The van der Waals surface area contributed by atoms with Crippen molar-refractivity contribution in [1.82, 2.24) is 9.97 Å². The lowest BCUT2D eigenvalue weighted by atomic mass is 10.0. The number of furan rings is 1. The quantitative estimate of drug-likeness (QED) is 0.680. The molecule has 2 heterocycles. The van der Waals surface area contributed by atoms with E-state index in [4.69, 9.17) is 21.8 Å². The maximum absolute atomic E-state index is 9.21. The van der Waals surface area contributed by atoms with E-state index >= 15 is 0 Å². The molecule has 0 aliphatic carbocycles. The first-order chi connectivity index (χ1) is 10.2. The van der Waals surface area contributed by atoms with Crippen molar-refractivity contribution >= 4 is 23.4 Å². The molecule has 6 nitrogen and oxygen atoms in total. The molecule has 21 heavy (non-hydrogen) atoms. The Morgan fingerprint density at radius 2 is 2.29 bits per heavy atom. The lowest BCUT2D eigenvalue weighted by molar-refractivity contribution is 0.217. The molecule has 0 fully saturated rings. The number of nitrogens with one attached hydrogen (secondary N) is 1. The van der Waals surface area contributed by atoms with Crippen molar-refractivity contribution in [3.8, 4) is 11.3 Å². The molecule has 2 aromatic heterocycles. The predicted octanol–water partition coefficient (Wildman–Crippen LogP) is 2.79. The van der Waals surface area contributed by atoms with Crippen molar-refractivity contribution in [1.29, 1.82) is 0 Å². The lowest BCUT2D eigenvalue weighted by Gasteiger charge is -2.14. The van der Waals surface area contributed by atoms with E-state index in [9.17, 15) is 5.11 Å². The summed E-state index contributed by atoms with van der Waals surface area (Å²) >= 11 is 6.15. The maximum Gasteiger partial charge on any atom is 0.223 e. The van der Waals surface area contributed by atoms with Crippen LogP contribution in [0.15, 0.2) is 22.8 Å². The van der Waals surface area contributed by atoms with Gasteiger partial charge in [0.1, 0.15) is 16.7 Å². The smallest absolute Gasteiger partial charge is 0.223 e. The minimum Gasteiger partial charge on any atom is -0.464 e. The molecule has 0 radical (unpaired) electrons. The summed E-state index contributed by atoms with van der Waals surface area (Å²) in [6, 6.07) is 3.55. The number of aliphatic hydroxyl groups excluding tert-OH is 1. The molecule has 114 valence electrons. The summed E-state index contributed by atoms with van der Waals surface area (Å²) in [7, 11) is 0. The van der Waals surface area contributed by atoms with Crippen LogP contribution in [-0.2, 0) is 0 Å². The Labute approximate surface area is 128 Å². The molecule has 0 aliphatic heterocycles. The van der Waals surface area contributed by atoms with E-state index in [1.807, 2.05) is 0 Å². The van der Waals surface area contributed by atoms with Gasteiger partial charge in [-0.3, -0.25) is 0 Å². The van der Waals surface area contributed by atoms with Gasteiger partial charge in [-0.1, -0.05) is 24.9 Å². The second kappa shape index (κ2) is 7.28. The number of anilines is 2. The van der Waals surface area contributed by atoms with Crippen LogP contribution >= 0.6 is 11.6 Å². The fourth-order valence-electron chi connectivity index (χ4n) is 2.04. The van der Waals surface area contributed by atoms with Gasteiger partial charge >= 0.3 is 0 Å². The van der Waals surface area contributed by atoms with Crippen LogP contribution in [0.1, 0.15) is 19.8 Å². The van der Waals surface area contributed by atoms with Crippen LogP contribution < -0.4 is 11.1 Å². The molecule has 7 heteroatoms. The normalized spacial score (nSPS) is 12.3. The highest BCUT2D eigenvalue weighted by atomic mass is 35.5. The third kappa shape index (κ3) is 3.86. The topological polar surface area (TPSA) is 97.2 Å². The molecular weight excluding hydrogens is 292 g/mol. The van der Waals surface area contributed by atoms with Gasteiger partial charge in [0, 0.05) is 13.2 Å². The van der Waals surface area contributed by atoms with Crippen LogP contribution in [0.2, 0.25) is 5.15 Å². The van der Waals surface area contributed by atoms with E-state index in [1.165, 1.54) is 0 Å². The zero-order valence-electron chi connectivity index (χ0n) is 11.8. The summed E-state index contributed by atoms with van der Waals surface area (Å²) in [5, 5.41) is 12.6. The van der Waals surface area contributed by atoms with Gasteiger partial charge in [-0.05, 0) is 24.5 Å². The van der Waals surface area contributed by atoms with Gasteiger partial charge in [-0.15, -0.1) is 0 Å². The average Bonchev–Trinajstić information content (AvgIpc) is 2.96. The molecule has 1 atom stereocenters. The fourth-order valence-corrected chi connectivity index (χ4v) is 2.31. The van der Waals surface area contributed by atoms with Crippen LogP contribution in [0.25, 0.3) is 11.3 Å². The Kier molecular flexibility index (Phi) is 5.41. The summed E-state index contributed by atoms with van der Waals surface area (Å²) in [5.74, 6) is 1.48. The first-order valence-corrected chi connectivity index (χ1v) is 7.25. The molecule has 1 unspecified atom stereocenters. The molecule has 0 saturated carbocycles. The number of aliphatic hydroxyl groups is 1. The van der Waals surface area contributed by atoms with E-state index < -0.39 is 0 Å². The van der Waals surface area contributed by atoms with Gasteiger partial charge in [-0.25, -0.2) is 4.98 Å². The van der Waals surface area contributed by atoms with Gasteiger partial charge in [0.25, 0.3) is 0 Å². The van der Waals surface area contributed by atoms with E-state index in [-0.39, 0.29) is 23.6 Å². The SMILES string of the molecule is CCC(CO)CCNc1nc(N)nc(Cl)c1-c1ccco1. The van der Waals surface area contributed by atoms with E-state index in [2.05, 4.69) is 22.2 Å². The van der Waals surface area contributed by atoms with Crippen LogP contribution in [0.3, 0.4) is 0 Å². The standard InChI is InChI=1S/C14H19ClN4O2/c1-2-9(8-20)5-6-17-13-11(10-4-3-7-21-10)12(15)18-14(16)19-13/h3-4,7,9,20H,2,5-6,8H2,1H3,(H3,16,17,18,19). The highest BCUT2D eigenvalue weighted by molar-refractivity contribution is 6.32. The first kappa shape index (κ1) is 15.6. The minimum atomic E-state index is 0.104. The van der Waals surface area contributed by atoms with E-state index in [0.717, 1.165) is 12.8 Å². The number of halogens is 1. The Morgan fingerprint density at radius 3 is 2.90 bits per heavy atom. The Morgan fingerprint density at radius 1 is 1.48 bits per heavy atom. The zero-order chi connectivity index (χ0) is 15.2. The second-order valence-electron chi connectivity index (χ2n) is 4.75. The number of nitrogens with zero attached hydrogens (tertiary/aromatic N) is 2. The summed E-state index contributed by atoms with van der Waals surface area (Å²) in [5.41, 5.74) is 6.24. The molecule has 0 aliphatic rings. The van der Waals surface area contributed by atoms with Gasteiger partial charge in [0.15, 0.2) is 0 Å². The minimum absolute atomic E-state index is 0.104. The van der Waals surface area contributed by atoms with Crippen LogP contribution in [0.4, 0.5) is 11.8 Å². The van der Waals surface area contributed by atoms with Crippen molar-refractivity contribution in [2.75, 3.05) is 24.2 Å². The van der Waals surface area contributed by atoms with Crippen molar-refractivity contribution in [2.24, 2.45) is 5.92 Å². The third-order valence-corrected chi connectivity index (χ3v) is 3.60. The number of aromatic nitrogens is 2. The van der Waals surface area contributed by atoms with Crippen molar-refractivity contribution in [3.05, 3.63) is 23.5 Å². The number of hydrogen-bond donors (Lipinski definition) is 3. The van der Waals surface area contributed by atoms with Gasteiger partial charge in [-0.2, -0.15) is 4.98 Å². The molecule has 0 saturated heterocycles. The van der Waals surface area contributed by atoms with E-state index in [1.54, 1.807) is 18.4 Å². The molecule has 2 rings (SSSR count). The Bertz CT molecular complexity index is 571. The molecule has 4 N–H and O–H groups in total. The van der Waals surface area contributed by atoms with Gasteiger partial charge in [0.05, 0.1) is 11.8 Å². The fraction of sp³-hybridized carbons (Fsp3) is 0.429. The van der Waals surface area contributed by atoms with E-state index in [0.29, 0.717) is 23.7 Å². The molecular formula is C14H19ClN4O2. The van der Waals surface area contributed by atoms with Crippen LogP contribution in [0.5, 0.6) is 0 Å². The number of hydrogen-bond acceptors (Lipinski definition) is 6. The summed E-state index contributed by atoms with van der Waals surface area (Å²) < 4.78 is 5.37. The second-order valence-corrected chi connectivity index (χ2v) is 5.10. The van der Waals surface area contributed by atoms with Crippen LogP contribution in [-0.4, -0.2) is 28.2 Å². The zero-order valence-corrected chi connectivity index (χ0v) is 12.6. The predicted molar refractivity (Wildman–Crippen MR) is 83.1 cm³/mol. The summed E-state index contributed by atoms with van der Waals surface area (Å²) in [6.45, 7) is 2.88. The monoisotopic (exact) mass is 310 g/mol. The molecule has 0 spiro atoms. The molecule has 0 amide bonds. The van der Waals surface area contributed by atoms with Gasteiger partial charge < -0.3 is 20.6 Å². The van der Waals surface area contributed by atoms with Gasteiger partial charge in [0.2, 0.25) is 5.95 Å². The summed E-state index contributed by atoms with van der Waals surface area (Å²) in [6.07, 6.45) is 3.31. The molecule has 0 aromatic carbocycles. The largest absolute Gasteiger partial charge is 0.464 e. The van der Waals surface area contributed by atoms with Crippen LogP contribution in [0, 0.1) is 5.92 Å². The third-order valence-electron chi connectivity index (χ3n) is 3.33. The highest BCUT2D eigenvalue weighted by Gasteiger charge is 2.16. The van der Waals surface area contributed by atoms with Crippen molar-refractivity contribution < 1.29 is 9.52 Å². The van der Waals surface area contributed by atoms with Crippen molar-refractivity contribution in [3.63, 3.8) is 0 Å². The molecule has 2 aromatic rings. The highest BCUT2D eigenvalue weighted by Crippen LogP contribution is 2.33. The Balaban J connectivity index is 2.18. The number of nitrogen functional groups attached to an aromatic ring is 1. The summed E-state index contributed by atoms with van der Waals surface area (Å²) in [4.78, 5) is 8.14. The number of nitrogens with two attached hydrogens (primary N) is 1. The maximum atomic E-state index is 9.21.